The highest BCUT2D eigenvalue weighted by Gasteiger charge is 2.21. The molecule has 0 saturated carbocycles. The van der Waals surface area contributed by atoms with Gasteiger partial charge < -0.3 is 21.4 Å². The summed E-state index contributed by atoms with van der Waals surface area (Å²) in [7, 11) is 0. The van der Waals surface area contributed by atoms with Gasteiger partial charge in [0.05, 0.1) is 5.56 Å². The van der Waals surface area contributed by atoms with Crippen molar-refractivity contribution >= 4 is 28.5 Å². The molecule has 1 saturated heterocycles. The molecule has 0 spiro atoms. The Bertz CT molecular complexity index is 1070. The molecule has 0 unspecified atom stereocenters. The van der Waals surface area contributed by atoms with E-state index in [4.69, 9.17) is 11.5 Å². The third-order valence-electron chi connectivity index (χ3n) is 5.70. The van der Waals surface area contributed by atoms with Gasteiger partial charge in [0.2, 0.25) is 5.91 Å². The third-order valence-corrected chi connectivity index (χ3v) is 5.70. The zero-order valence-electron chi connectivity index (χ0n) is 16.8. The number of nitrogens with zero attached hydrogens (tertiary/aromatic N) is 3. The number of nitrogens with two attached hydrogens (primary N) is 2. The summed E-state index contributed by atoms with van der Waals surface area (Å²) in [4.78, 5) is 35.3. The fourth-order valence-electron chi connectivity index (χ4n) is 4.06. The molecule has 0 aliphatic carbocycles. The first-order valence-electron chi connectivity index (χ1n) is 10.1. The molecule has 0 radical (unpaired) electrons. The lowest BCUT2D eigenvalue weighted by molar-refractivity contribution is 0.0992. The van der Waals surface area contributed by atoms with Crippen LogP contribution in [0.5, 0.6) is 0 Å². The number of fused-ring (bicyclic) bond motifs is 1. The zero-order valence-corrected chi connectivity index (χ0v) is 16.8. The predicted molar refractivity (Wildman–Crippen MR) is 117 cm³/mol. The van der Waals surface area contributed by atoms with Crippen molar-refractivity contribution in [2.45, 2.75) is 12.8 Å². The SMILES string of the molecule is NC(=O)c1ccc2[nH]cc(CCCN3CCN(c4ncccc4C(N)=O)CC3)c2c1. The Morgan fingerprint density at radius 2 is 1.87 bits per heavy atom. The Morgan fingerprint density at radius 3 is 2.60 bits per heavy atom. The maximum absolute atomic E-state index is 11.7. The van der Waals surface area contributed by atoms with E-state index in [0.29, 0.717) is 16.9 Å². The van der Waals surface area contributed by atoms with Gasteiger partial charge in [-0.25, -0.2) is 4.98 Å². The number of nitrogens with one attached hydrogen (secondary N) is 1. The Labute approximate surface area is 174 Å². The molecule has 5 N–H and O–H groups in total. The molecule has 2 amide bonds. The number of primary amides is 2. The number of rotatable bonds is 7. The van der Waals surface area contributed by atoms with Crippen LogP contribution in [0.2, 0.25) is 0 Å². The summed E-state index contributed by atoms with van der Waals surface area (Å²) < 4.78 is 0. The summed E-state index contributed by atoms with van der Waals surface area (Å²) in [5, 5.41) is 1.06. The summed E-state index contributed by atoms with van der Waals surface area (Å²) in [6.45, 7) is 4.43. The van der Waals surface area contributed by atoms with E-state index >= 15 is 0 Å². The van der Waals surface area contributed by atoms with Crippen LogP contribution >= 0.6 is 0 Å². The van der Waals surface area contributed by atoms with Crippen LogP contribution in [0.1, 0.15) is 32.7 Å². The van der Waals surface area contributed by atoms with Gasteiger partial charge in [-0.15, -0.1) is 0 Å². The number of hydrogen-bond acceptors (Lipinski definition) is 5. The molecule has 0 bridgehead atoms. The maximum Gasteiger partial charge on any atom is 0.252 e. The molecule has 8 nitrogen and oxygen atoms in total. The molecule has 1 aliphatic rings. The summed E-state index contributed by atoms with van der Waals surface area (Å²) in [6, 6.07) is 8.97. The molecule has 1 fully saturated rings. The third kappa shape index (κ3) is 4.13. The summed E-state index contributed by atoms with van der Waals surface area (Å²) in [6.07, 6.45) is 5.65. The molecule has 1 aromatic carbocycles. The number of carbonyl (C=O) groups is 2. The lowest BCUT2D eigenvalue weighted by atomic mass is 10.1. The van der Waals surface area contributed by atoms with E-state index in [-0.39, 0.29) is 0 Å². The number of pyridine rings is 1. The number of aryl methyl sites for hydroxylation is 1. The zero-order chi connectivity index (χ0) is 21.1. The number of benzene rings is 1. The van der Waals surface area contributed by atoms with Gasteiger partial charge in [-0.1, -0.05) is 0 Å². The topological polar surface area (TPSA) is 121 Å². The van der Waals surface area contributed by atoms with E-state index in [1.807, 2.05) is 18.3 Å². The van der Waals surface area contributed by atoms with Crippen LogP contribution in [0, 0.1) is 0 Å². The Balaban J connectivity index is 1.32. The number of anilines is 1. The van der Waals surface area contributed by atoms with Crippen LogP contribution in [0.25, 0.3) is 10.9 Å². The molecule has 0 atom stereocenters. The fraction of sp³-hybridized carbons (Fsp3) is 0.318. The Hall–Kier alpha value is -3.39. The monoisotopic (exact) mass is 406 g/mol. The molecular weight excluding hydrogens is 380 g/mol. The number of H-pyrrole nitrogens is 1. The minimum atomic E-state index is -0.446. The highest BCUT2D eigenvalue weighted by molar-refractivity contribution is 5.98. The van der Waals surface area contributed by atoms with Gasteiger partial charge in [0.1, 0.15) is 5.82 Å². The summed E-state index contributed by atoms with van der Waals surface area (Å²) in [5.74, 6) is -0.179. The largest absolute Gasteiger partial charge is 0.366 e. The van der Waals surface area contributed by atoms with Gasteiger partial charge in [0.15, 0.2) is 0 Å². The van der Waals surface area contributed by atoms with Crippen LogP contribution in [0.4, 0.5) is 5.82 Å². The van der Waals surface area contributed by atoms with E-state index in [9.17, 15) is 9.59 Å². The normalized spacial score (nSPS) is 14.9. The van der Waals surface area contributed by atoms with Crippen molar-refractivity contribution in [1.82, 2.24) is 14.9 Å². The van der Waals surface area contributed by atoms with Crippen molar-refractivity contribution in [1.29, 1.82) is 0 Å². The second-order valence-electron chi connectivity index (χ2n) is 7.61. The fourth-order valence-corrected chi connectivity index (χ4v) is 4.06. The summed E-state index contributed by atoms with van der Waals surface area (Å²) in [5.41, 5.74) is 14.1. The van der Waals surface area contributed by atoms with E-state index in [1.54, 1.807) is 24.4 Å². The van der Waals surface area contributed by atoms with Crippen LogP contribution in [0.15, 0.2) is 42.7 Å². The molecule has 2 aromatic heterocycles. The molecular formula is C22H26N6O2. The van der Waals surface area contributed by atoms with Gasteiger partial charge in [0.25, 0.3) is 5.91 Å². The van der Waals surface area contributed by atoms with Gasteiger partial charge >= 0.3 is 0 Å². The first kappa shape index (κ1) is 19.9. The molecule has 3 heterocycles. The molecule has 3 aromatic rings. The highest BCUT2D eigenvalue weighted by atomic mass is 16.1. The van der Waals surface area contributed by atoms with E-state index in [1.165, 1.54) is 5.56 Å². The van der Waals surface area contributed by atoms with Gasteiger partial charge in [-0.3, -0.25) is 14.5 Å². The second kappa shape index (κ2) is 8.54. The van der Waals surface area contributed by atoms with Crippen LogP contribution in [-0.4, -0.2) is 59.4 Å². The average Bonchev–Trinajstić information content (AvgIpc) is 3.16. The van der Waals surface area contributed by atoms with Gasteiger partial charge in [0, 0.05) is 55.0 Å². The first-order valence-corrected chi connectivity index (χ1v) is 10.1. The van der Waals surface area contributed by atoms with Crippen molar-refractivity contribution in [2.24, 2.45) is 11.5 Å². The lowest BCUT2D eigenvalue weighted by Crippen LogP contribution is -2.47. The van der Waals surface area contributed by atoms with Crippen molar-refractivity contribution < 1.29 is 9.59 Å². The molecule has 156 valence electrons. The standard InChI is InChI=1S/C22H26N6O2/c23-20(29)15-5-6-19-18(13-15)16(14-26-19)3-2-8-27-9-11-28(12-10-27)22-17(21(24)30)4-1-7-25-22/h1,4-7,13-14,26H,2-3,8-12H2,(H2,23,29)(H2,24,30). The van der Waals surface area contributed by atoms with Crippen molar-refractivity contribution in [2.75, 3.05) is 37.6 Å². The first-order chi connectivity index (χ1) is 14.5. The van der Waals surface area contributed by atoms with Crippen LogP contribution in [0.3, 0.4) is 0 Å². The van der Waals surface area contributed by atoms with E-state index < -0.39 is 11.8 Å². The van der Waals surface area contributed by atoms with E-state index in [0.717, 1.165) is 56.5 Å². The van der Waals surface area contributed by atoms with Gasteiger partial charge in [-0.05, 0) is 55.3 Å². The maximum atomic E-state index is 11.7. The smallest absolute Gasteiger partial charge is 0.252 e. The number of aromatic amines is 1. The minimum absolute atomic E-state index is 0.408. The number of carbonyl (C=O) groups excluding carboxylic acids is 2. The predicted octanol–water partition coefficient (Wildman–Crippen LogP) is 1.52. The molecule has 4 rings (SSSR count). The molecule has 8 heteroatoms. The highest BCUT2D eigenvalue weighted by Crippen LogP contribution is 2.22. The molecule has 30 heavy (non-hydrogen) atoms. The van der Waals surface area contributed by atoms with Crippen molar-refractivity contribution in [3.05, 3.63) is 59.4 Å². The number of hydrogen-bond donors (Lipinski definition) is 3. The number of amides is 2. The van der Waals surface area contributed by atoms with Crippen LogP contribution in [-0.2, 0) is 6.42 Å². The lowest BCUT2D eigenvalue weighted by Gasteiger charge is -2.36. The Morgan fingerprint density at radius 1 is 1.07 bits per heavy atom. The minimum Gasteiger partial charge on any atom is -0.366 e. The van der Waals surface area contributed by atoms with Crippen molar-refractivity contribution in [3.8, 4) is 0 Å². The number of piperazine rings is 1. The number of aromatic nitrogens is 2. The average molecular weight is 406 g/mol. The van der Waals surface area contributed by atoms with Crippen molar-refractivity contribution in [3.63, 3.8) is 0 Å². The van der Waals surface area contributed by atoms with E-state index in [2.05, 4.69) is 19.8 Å². The van der Waals surface area contributed by atoms with Crippen LogP contribution < -0.4 is 16.4 Å². The van der Waals surface area contributed by atoms with Gasteiger partial charge in [-0.2, -0.15) is 0 Å². The summed E-state index contributed by atoms with van der Waals surface area (Å²) >= 11 is 0. The quantitative estimate of drug-likeness (QED) is 0.549. The molecule has 1 aliphatic heterocycles. The Kier molecular flexibility index (Phi) is 5.67. The second-order valence-corrected chi connectivity index (χ2v) is 7.61.